The monoisotopic (exact) mass is 563 g/mol. The first kappa shape index (κ1) is 37.6. The molecule has 0 spiro atoms. The van der Waals surface area contributed by atoms with Gasteiger partial charge in [-0.15, -0.1) is 0 Å². The van der Waals surface area contributed by atoms with E-state index in [9.17, 15) is 21.6 Å². The fraction of sp³-hybridized carbons (Fsp3) is 0.280. The number of hydrogen-bond donors (Lipinski definition) is 0. The maximum absolute atomic E-state index is 9.67. The summed E-state index contributed by atoms with van der Waals surface area (Å²) in [7, 11) is -4.67. The number of pyridine rings is 2. The molecule has 0 bridgehead atoms. The second-order valence-electron chi connectivity index (χ2n) is 7.57. The lowest BCUT2D eigenvalue weighted by atomic mass is 10.0. The van der Waals surface area contributed by atoms with Crippen LogP contribution < -0.4 is 28.5 Å². The zero-order valence-corrected chi connectivity index (χ0v) is 21.4. The Morgan fingerprint density at radius 3 is 1.38 bits per heavy atom. The Morgan fingerprint density at radius 1 is 0.692 bits per heavy atom. The Morgan fingerprint density at radius 2 is 1.05 bits per heavy atom. The van der Waals surface area contributed by atoms with Gasteiger partial charge in [0.2, 0.25) is 12.4 Å². The van der Waals surface area contributed by atoms with Gasteiger partial charge in [-0.05, 0) is 36.1 Å². The molecule has 0 fully saturated rings. The molecular formula is C25H29B2F8N2O2. The van der Waals surface area contributed by atoms with Gasteiger partial charge in [-0.3, -0.25) is 26.3 Å². The minimum absolute atomic E-state index is 0. The molecule has 2 aromatic carbocycles. The number of halogens is 8. The molecule has 213 valence electrons. The number of aryl methyl sites for hydroxylation is 2. The molecule has 14 heteroatoms. The third-order valence-electron chi connectivity index (χ3n) is 5.21. The van der Waals surface area contributed by atoms with Crippen molar-refractivity contribution in [3.63, 3.8) is 0 Å². The van der Waals surface area contributed by atoms with Gasteiger partial charge >= 0.3 is 22.2 Å². The summed E-state index contributed by atoms with van der Waals surface area (Å²) < 4.78 is 51.6. The summed E-state index contributed by atoms with van der Waals surface area (Å²) in [5, 5.41) is 2.44. The predicted octanol–water partition coefficient (Wildman–Crippen LogP) is -0.512. The minimum atomic E-state index is -3.67. The maximum atomic E-state index is 9.67. The van der Waals surface area contributed by atoms with Gasteiger partial charge in [0.25, 0.3) is 11.0 Å². The molecular weight excluding hydrogens is 534 g/mol. The van der Waals surface area contributed by atoms with E-state index in [0.29, 0.717) is 0 Å². The molecule has 0 aliphatic heterocycles. The molecule has 4 rings (SSSR count). The minimum Gasteiger partial charge on any atom is -1.00 e. The third-order valence-corrected chi connectivity index (χ3v) is 5.21. The topological polar surface area (TPSA) is 26.2 Å². The third kappa shape index (κ3) is 11.4. The Bertz CT molecular complexity index is 1130. The Balaban J connectivity index is 0. The average Bonchev–Trinajstić information content (AvgIpc) is 2.85. The van der Waals surface area contributed by atoms with Crippen LogP contribution in [0, 0.1) is 0 Å². The van der Waals surface area contributed by atoms with Gasteiger partial charge in [-0.2, -0.15) is 0 Å². The van der Waals surface area contributed by atoms with Crippen LogP contribution >= 0.6 is 0 Å². The van der Waals surface area contributed by atoms with Crippen molar-refractivity contribution >= 4 is 37.2 Å². The molecule has 2 heterocycles. The second kappa shape index (κ2) is 20.4. The molecule has 0 aliphatic carbocycles. The van der Waals surface area contributed by atoms with E-state index >= 15 is 0 Å². The molecule has 0 saturated carbocycles. The standard InChI is InChI=1S/C25H28N2O2.BF3.BF2.3FH/c1-3-9-20-11-5-15-24-22(20)13-7-17-26(24)28-19-29-27-18-8-14-23-21(10-4-2)12-6-16-25(23)27;2-1(3)4;2-1-3;;;/h5-8,11-18H,3-4,9-10,19H2,1-2H3;;;3*1H/q+2;;;;;/p-2. The zero-order valence-electron chi connectivity index (χ0n) is 21.4. The molecule has 0 atom stereocenters. The lowest BCUT2D eigenvalue weighted by Crippen LogP contribution is -3.00. The van der Waals surface area contributed by atoms with Crippen LogP contribution in [0.2, 0.25) is 0 Å². The number of aromatic nitrogens is 2. The first-order valence-electron chi connectivity index (χ1n) is 11.5. The summed E-state index contributed by atoms with van der Waals surface area (Å²) in [6.07, 6.45) is 8.21. The predicted molar refractivity (Wildman–Crippen MR) is 134 cm³/mol. The average molecular weight is 563 g/mol. The van der Waals surface area contributed by atoms with E-state index in [1.807, 2.05) is 24.5 Å². The number of rotatable bonds is 8. The van der Waals surface area contributed by atoms with Crippen LogP contribution in [-0.2, 0) is 12.8 Å². The SMILES string of the molecule is CCCc1cccc2c1ccc[n+]2OCO[n+]1cccc2c(CCC)cccc21.F.FB(F)F.F[B]F.[F-].[F-]. The van der Waals surface area contributed by atoms with Gasteiger partial charge < -0.3 is 9.41 Å². The van der Waals surface area contributed by atoms with Gasteiger partial charge in [0.15, 0.2) is 0 Å². The lowest BCUT2D eigenvalue weighted by Gasteiger charge is -2.05. The molecule has 39 heavy (non-hydrogen) atoms. The van der Waals surface area contributed by atoms with Crippen LogP contribution in [-0.4, -0.2) is 22.2 Å². The van der Waals surface area contributed by atoms with E-state index in [1.165, 1.54) is 21.9 Å². The number of hydrogen-bond acceptors (Lipinski definition) is 2. The highest BCUT2D eigenvalue weighted by molar-refractivity contribution is 6.33. The summed E-state index contributed by atoms with van der Waals surface area (Å²) in [6, 6.07) is 21.0. The molecule has 4 nitrogen and oxygen atoms in total. The smallest absolute Gasteiger partial charge is 0.762 e. The fourth-order valence-electron chi connectivity index (χ4n) is 3.90. The highest BCUT2D eigenvalue weighted by Crippen LogP contribution is 2.17. The van der Waals surface area contributed by atoms with Gasteiger partial charge in [0.1, 0.15) is 0 Å². The van der Waals surface area contributed by atoms with Crippen molar-refractivity contribution in [3.8, 4) is 0 Å². The van der Waals surface area contributed by atoms with Crippen molar-refractivity contribution in [3.05, 3.63) is 84.2 Å². The zero-order chi connectivity index (χ0) is 26.3. The molecule has 0 saturated heterocycles. The lowest BCUT2D eigenvalue weighted by molar-refractivity contribution is -0.932. The van der Waals surface area contributed by atoms with E-state index in [4.69, 9.17) is 9.68 Å². The van der Waals surface area contributed by atoms with Crippen LogP contribution in [0.1, 0.15) is 37.8 Å². The van der Waals surface area contributed by atoms with Gasteiger partial charge in [0, 0.05) is 33.7 Å². The Labute approximate surface area is 222 Å². The van der Waals surface area contributed by atoms with Crippen molar-refractivity contribution in [2.24, 2.45) is 0 Å². The van der Waals surface area contributed by atoms with Crippen LogP contribution in [0.3, 0.4) is 0 Å². The quantitative estimate of drug-likeness (QED) is 0.125. The first-order chi connectivity index (χ1) is 17.5. The van der Waals surface area contributed by atoms with Crippen LogP contribution in [0.25, 0.3) is 21.8 Å². The Hall–Kier alpha value is -3.57. The van der Waals surface area contributed by atoms with Crippen molar-refractivity contribution < 1.29 is 54.8 Å². The largest absolute Gasteiger partial charge is 1.00 e. The van der Waals surface area contributed by atoms with Crippen molar-refractivity contribution in [2.45, 2.75) is 39.5 Å². The summed E-state index contributed by atoms with van der Waals surface area (Å²) >= 11 is 0. The molecule has 0 N–H and O–H groups in total. The number of benzene rings is 2. The number of fused-ring (bicyclic) bond motifs is 2. The summed E-state index contributed by atoms with van der Waals surface area (Å²) in [5.74, 6) is 0. The molecule has 4 aromatic rings. The van der Waals surface area contributed by atoms with Gasteiger partial charge in [-0.25, -0.2) is 9.68 Å². The molecule has 1 radical (unpaired) electrons. The maximum Gasteiger partial charge on any atom is 0.762 e. The van der Waals surface area contributed by atoms with Crippen LogP contribution in [0.5, 0.6) is 0 Å². The summed E-state index contributed by atoms with van der Waals surface area (Å²) in [4.78, 5) is 11.9. The van der Waals surface area contributed by atoms with E-state index in [1.54, 1.807) is 9.46 Å². The first-order valence-corrected chi connectivity index (χ1v) is 11.5. The number of nitrogens with zero attached hydrogens (tertiary/aromatic N) is 2. The van der Waals surface area contributed by atoms with Crippen molar-refractivity contribution in [1.29, 1.82) is 0 Å². The fourth-order valence-corrected chi connectivity index (χ4v) is 3.90. The molecule has 2 aromatic heterocycles. The van der Waals surface area contributed by atoms with Crippen LogP contribution in [0.15, 0.2) is 73.1 Å². The molecule has 0 aliphatic rings. The molecule has 0 unspecified atom stereocenters. The van der Waals surface area contributed by atoms with E-state index in [0.717, 1.165) is 36.7 Å². The van der Waals surface area contributed by atoms with E-state index in [-0.39, 0.29) is 20.9 Å². The van der Waals surface area contributed by atoms with Gasteiger partial charge in [-0.1, -0.05) is 51.0 Å². The highest BCUT2D eigenvalue weighted by Gasteiger charge is 2.16. The van der Waals surface area contributed by atoms with Gasteiger partial charge in [0.05, 0.1) is 10.8 Å². The Kier molecular flexibility index (Phi) is 19.7. The summed E-state index contributed by atoms with van der Waals surface area (Å²) in [5.41, 5.74) is 4.79. The second-order valence-corrected chi connectivity index (χ2v) is 7.57. The highest BCUT2D eigenvalue weighted by atomic mass is 19.4. The van der Waals surface area contributed by atoms with Crippen LogP contribution in [0.4, 0.5) is 26.3 Å². The molecule has 0 amide bonds. The van der Waals surface area contributed by atoms with Crippen molar-refractivity contribution in [2.75, 3.05) is 6.79 Å². The van der Waals surface area contributed by atoms with E-state index in [2.05, 4.69) is 62.4 Å². The normalized spacial score (nSPS) is 9.31. The summed E-state index contributed by atoms with van der Waals surface area (Å²) in [6.45, 7) is 4.52. The van der Waals surface area contributed by atoms with Crippen molar-refractivity contribution in [1.82, 2.24) is 0 Å². The van der Waals surface area contributed by atoms with E-state index < -0.39 is 15.4 Å².